The first-order chi connectivity index (χ1) is 11.0. The average Bonchev–Trinajstić information content (AvgIpc) is 2.79. The first kappa shape index (κ1) is 15.5. The first-order valence-electron chi connectivity index (χ1n) is 7.30. The van der Waals surface area contributed by atoms with E-state index in [4.69, 9.17) is 16.7 Å². The van der Waals surface area contributed by atoms with Crippen LogP contribution in [0.25, 0.3) is 6.08 Å². The Labute approximate surface area is 137 Å². The van der Waals surface area contributed by atoms with E-state index in [0.29, 0.717) is 40.3 Å². The molecule has 1 N–H and O–H groups in total. The minimum absolute atomic E-state index is 0.278. The maximum absolute atomic E-state index is 12.5. The molecule has 6 heteroatoms. The number of halogens is 1. The van der Waals surface area contributed by atoms with Crippen LogP contribution in [0.15, 0.2) is 35.4 Å². The van der Waals surface area contributed by atoms with Crippen molar-refractivity contribution in [2.75, 3.05) is 4.90 Å². The third kappa shape index (κ3) is 2.80. The SMILES string of the molecule is O=C(O)/C=C/c1cc(N2C(=O)C3=C(CCCC3)C2=O)ccc1Cl. The van der Waals surface area contributed by atoms with Gasteiger partial charge in [-0.15, -0.1) is 0 Å². The van der Waals surface area contributed by atoms with Crippen LogP contribution in [0.2, 0.25) is 5.02 Å². The molecular formula is C17H14ClNO4. The van der Waals surface area contributed by atoms with Gasteiger partial charge in [0.1, 0.15) is 0 Å². The second-order valence-corrected chi connectivity index (χ2v) is 5.89. The second-order valence-electron chi connectivity index (χ2n) is 5.49. The molecule has 1 aromatic rings. The number of carboxylic acid groups (broad SMARTS) is 1. The van der Waals surface area contributed by atoms with Crippen LogP contribution in [-0.4, -0.2) is 22.9 Å². The molecule has 0 radical (unpaired) electrons. The van der Waals surface area contributed by atoms with Crippen molar-refractivity contribution >= 4 is 41.1 Å². The summed E-state index contributed by atoms with van der Waals surface area (Å²) in [6.07, 6.45) is 5.40. The predicted molar refractivity (Wildman–Crippen MR) is 86.1 cm³/mol. The van der Waals surface area contributed by atoms with Gasteiger partial charge in [0.25, 0.3) is 11.8 Å². The van der Waals surface area contributed by atoms with Gasteiger partial charge in [0, 0.05) is 22.2 Å². The van der Waals surface area contributed by atoms with Crippen molar-refractivity contribution in [3.05, 3.63) is 46.0 Å². The molecule has 2 aliphatic rings. The molecule has 0 saturated heterocycles. The molecule has 0 unspecified atom stereocenters. The number of imide groups is 1. The Balaban J connectivity index is 1.97. The Morgan fingerprint density at radius 3 is 2.30 bits per heavy atom. The average molecular weight is 332 g/mol. The standard InChI is InChI=1S/C17H14ClNO4/c18-14-7-6-11(9-10(14)5-8-15(20)21)19-16(22)12-3-1-2-4-13(12)17(19)23/h5-9H,1-4H2,(H,20,21)/b8-5+. The van der Waals surface area contributed by atoms with Crippen molar-refractivity contribution in [3.8, 4) is 0 Å². The Morgan fingerprint density at radius 1 is 1.13 bits per heavy atom. The lowest BCUT2D eigenvalue weighted by Gasteiger charge is -2.16. The zero-order valence-corrected chi connectivity index (χ0v) is 13.0. The summed E-state index contributed by atoms with van der Waals surface area (Å²) in [5, 5.41) is 9.07. The summed E-state index contributed by atoms with van der Waals surface area (Å²) in [4.78, 5) is 36.8. The van der Waals surface area contributed by atoms with E-state index in [0.717, 1.165) is 23.8 Å². The van der Waals surface area contributed by atoms with Gasteiger partial charge in [0.2, 0.25) is 0 Å². The number of benzene rings is 1. The molecule has 1 heterocycles. The van der Waals surface area contributed by atoms with Gasteiger partial charge in [-0.3, -0.25) is 9.59 Å². The summed E-state index contributed by atoms with van der Waals surface area (Å²) in [6.45, 7) is 0. The van der Waals surface area contributed by atoms with Crippen LogP contribution in [0, 0.1) is 0 Å². The van der Waals surface area contributed by atoms with E-state index in [-0.39, 0.29) is 11.8 Å². The summed E-state index contributed by atoms with van der Waals surface area (Å²) in [5.41, 5.74) is 2.07. The lowest BCUT2D eigenvalue weighted by Crippen LogP contribution is -2.31. The van der Waals surface area contributed by atoms with Crippen molar-refractivity contribution in [3.63, 3.8) is 0 Å². The molecule has 2 amide bonds. The highest BCUT2D eigenvalue weighted by molar-refractivity contribution is 6.34. The Kier molecular flexibility index (Phi) is 4.05. The quantitative estimate of drug-likeness (QED) is 0.682. The van der Waals surface area contributed by atoms with Crippen molar-refractivity contribution in [1.29, 1.82) is 0 Å². The third-order valence-electron chi connectivity index (χ3n) is 4.03. The number of carbonyl (C=O) groups excluding carboxylic acids is 2. The van der Waals surface area contributed by atoms with Gasteiger partial charge in [-0.2, -0.15) is 0 Å². The number of nitrogens with zero attached hydrogens (tertiary/aromatic N) is 1. The van der Waals surface area contributed by atoms with E-state index in [1.165, 1.54) is 6.08 Å². The van der Waals surface area contributed by atoms with Crippen molar-refractivity contribution in [2.45, 2.75) is 25.7 Å². The third-order valence-corrected chi connectivity index (χ3v) is 4.38. The molecule has 1 aromatic carbocycles. The molecule has 118 valence electrons. The number of amides is 2. The predicted octanol–water partition coefficient (Wildman–Crippen LogP) is 3.18. The van der Waals surface area contributed by atoms with Crippen LogP contribution in [0.3, 0.4) is 0 Å². The molecule has 0 bridgehead atoms. The normalized spacial score (nSPS) is 18.0. The summed E-state index contributed by atoms with van der Waals surface area (Å²) in [6, 6.07) is 4.70. The highest BCUT2D eigenvalue weighted by Crippen LogP contribution is 2.36. The van der Waals surface area contributed by atoms with E-state index in [1.54, 1.807) is 18.2 Å². The number of carboxylic acids is 1. The van der Waals surface area contributed by atoms with Crippen LogP contribution >= 0.6 is 11.6 Å². The Hall–Kier alpha value is -2.40. The van der Waals surface area contributed by atoms with E-state index in [9.17, 15) is 14.4 Å². The molecule has 5 nitrogen and oxygen atoms in total. The molecule has 1 aliphatic heterocycles. The summed E-state index contributed by atoms with van der Waals surface area (Å²) >= 11 is 6.04. The zero-order valence-electron chi connectivity index (χ0n) is 12.2. The molecule has 0 spiro atoms. The first-order valence-corrected chi connectivity index (χ1v) is 7.68. The molecule has 3 rings (SSSR count). The fraction of sp³-hybridized carbons (Fsp3) is 0.235. The minimum atomic E-state index is -1.10. The molecule has 0 fully saturated rings. The van der Waals surface area contributed by atoms with Gasteiger partial charge in [0.05, 0.1) is 5.69 Å². The van der Waals surface area contributed by atoms with Crippen molar-refractivity contribution < 1.29 is 19.5 Å². The number of anilines is 1. The van der Waals surface area contributed by atoms with Gasteiger partial charge in [0.15, 0.2) is 0 Å². The maximum Gasteiger partial charge on any atom is 0.328 e. The van der Waals surface area contributed by atoms with Crippen LogP contribution in [0.1, 0.15) is 31.2 Å². The second kappa shape index (κ2) is 6.01. The van der Waals surface area contributed by atoms with Crippen molar-refractivity contribution in [1.82, 2.24) is 0 Å². The molecule has 1 aliphatic carbocycles. The number of carbonyl (C=O) groups is 3. The van der Waals surface area contributed by atoms with Crippen LogP contribution in [0.5, 0.6) is 0 Å². The van der Waals surface area contributed by atoms with E-state index in [1.807, 2.05) is 0 Å². The number of rotatable bonds is 3. The topological polar surface area (TPSA) is 74.7 Å². The van der Waals surface area contributed by atoms with Crippen molar-refractivity contribution in [2.24, 2.45) is 0 Å². The number of hydrogen-bond donors (Lipinski definition) is 1. The van der Waals surface area contributed by atoms with E-state index < -0.39 is 5.97 Å². The summed E-state index contributed by atoms with van der Waals surface area (Å²) in [7, 11) is 0. The van der Waals surface area contributed by atoms with Gasteiger partial charge in [-0.05, 0) is 55.5 Å². The van der Waals surface area contributed by atoms with Crippen LogP contribution < -0.4 is 4.90 Å². The lowest BCUT2D eigenvalue weighted by molar-refractivity contribution is -0.131. The van der Waals surface area contributed by atoms with Gasteiger partial charge < -0.3 is 5.11 Å². The largest absolute Gasteiger partial charge is 0.478 e. The summed E-state index contributed by atoms with van der Waals surface area (Å²) < 4.78 is 0. The Morgan fingerprint density at radius 2 is 1.74 bits per heavy atom. The van der Waals surface area contributed by atoms with Gasteiger partial charge >= 0.3 is 5.97 Å². The van der Waals surface area contributed by atoms with Gasteiger partial charge in [-0.25, -0.2) is 9.69 Å². The highest BCUT2D eigenvalue weighted by Gasteiger charge is 2.39. The van der Waals surface area contributed by atoms with Crippen LogP contribution in [0.4, 0.5) is 5.69 Å². The van der Waals surface area contributed by atoms with Crippen LogP contribution in [-0.2, 0) is 14.4 Å². The fourth-order valence-electron chi connectivity index (χ4n) is 2.93. The fourth-order valence-corrected chi connectivity index (χ4v) is 3.11. The monoisotopic (exact) mass is 331 g/mol. The Bertz CT molecular complexity index is 751. The minimum Gasteiger partial charge on any atom is -0.478 e. The van der Waals surface area contributed by atoms with Gasteiger partial charge in [-0.1, -0.05) is 11.6 Å². The summed E-state index contributed by atoms with van der Waals surface area (Å²) in [5.74, 6) is -1.66. The number of aliphatic carboxylic acids is 1. The maximum atomic E-state index is 12.5. The zero-order chi connectivity index (χ0) is 16.6. The highest BCUT2D eigenvalue weighted by atomic mass is 35.5. The van der Waals surface area contributed by atoms with E-state index in [2.05, 4.69) is 0 Å². The number of hydrogen-bond acceptors (Lipinski definition) is 3. The van der Waals surface area contributed by atoms with E-state index >= 15 is 0 Å². The molecule has 0 atom stereocenters. The molecule has 0 saturated carbocycles. The molecular weight excluding hydrogens is 318 g/mol. The molecule has 23 heavy (non-hydrogen) atoms. The molecule has 0 aromatic heterocycles. The lowest BCUT2D eigenvalue weighted by atomic mass is 9.93. The smallest absolute Gasteiger partial charge is 0.328 e.